The van der Waals surface area contributed by atoms with Gasteiger partial charge in [-0.05, 0) is 31.7 Å². The van der Waals surface area contributed by atoms with Crippen molar-refractivity contribution < 1.29 is 14.6 Å². The van der Waals surface area contributed by atoms with E-state index >= 15 is 0 Å². The fourth-order valence-corrected chi connectivity index (χ4v) is 2.57. The summed E-state index contributed by atoms with van der Waals surface area (Å²) in [6.45, 7) is 2.81. The van der Waals surface area contributed by atoms with Crippen LogP contribution in [0.4, 0.5) is 0 Å². The highest BCUT2D eigenvalue weighted by Crippen LogP contribution is 2.28. The first-order valence-electron chi connectivity index (χ1n) is 6.28. The Bertz CT molecular complexity index is 449. The van der Waals surface area contributed by atoms with Gasteiger partial charge in [-0.25, -0.2) is 0 Å². The van der Waals surface area contributed by atoms with Crippen LogP contribution < -0.4 is 0 Å². The lowest BCUT2D eigenvalue weighted by atomic mass is 9.99. The van der Waals surface area contributed by atoms with E-state index in [0.29, 0.717) is 11.6 Å². The Morgan fingerprint density at radius 3 is 2.63 bits per heavy atom. The van der Waals surface area contributed by atoms with E-state index in [2.05, 4.69) is 11.8 Å². The first-order valence-corrected chi connectivity index (χ1v) is 6.66. The van der Waals surface area contributed by atoms with Crippen LogP contribution in [0.15, 0.2) is 24.3 Å². The Balaban J connectivity index is 2.12. The highest BCUT2D eigenvalue weighted by molar-refractivity contribution is 6.30. The molecule has 0 amide bonds. The first kappa shape index (κ1) is 14.3. The molecule has 3 atom stereocenters. The number of benzene rings is 1. The third-order valence-corrected chi connectivity index (χ3v) is 4.11. The molecule has 0 spiro atoms. The molecule has 0 saturated carbocycles. The second kappa shape index (κ2) is 5.90. The van der Waals surface area contributed by atoms with Gasteiger partial charge in [-0.3, -0.25) is 9.69 Å². The van der Waals surface area contributed by atoms with Crippen molar-refractivity contribution in [3.8, 4) is 0 Å². The molecular formula is C14H18ClNO3. The zero-order chi connectivity index (χ0) is 14.0. The minimum atomic E-state index is -0.794. The quantitative estimate of drug-likeness (QED) is 0.922. The molecule has 1 aromatic rings. The molecule has 1 N–H and O–H groups in total. The van der Waals surface area contributed by atoms with Gasteiger partial charge in [-0.2, -0.15) is 0 Å². The van der Waals surface area contributed by atoms with E-state index in [4.69, 9.17) is 16.3 Å². The predicted molar refractivity (Wildman–Crippen MR) is 73.4 cm³/mol. The van der Waals surface area contributed by atoms with E-state index in [1.165, 1.54) is 0 Å². The lowest BCUT2D eigenvalue weighted by Gasteiger charge is -2.32. The molecule has 2 rings (SSSR count). The zero-order valence-electron chi connectivity index (χ0n) is 11.0. The van der Waals surface area contributed by atoms with E-state index in [1.54, 1.807) is 0 Å². The van der Waals surface area contributed by atoms with Gasteiger partial charge in [-0.1, -0.05) is 23.7 Å². The highest BCUT2D eigenvalue weighted by atomic mass is 35.5. The second-order valence-corrected chi connectivity index (χ2v) is 5.38. The summed E-state index contributed by atoms with van der Waals surface area (Å²) in [5.41, 5.74) is 1.11. The molecule has 0 aromatic heterocycles. The molecule has 4 nitrogen and oxygen atoms in total. The van der Waals surface area contributed by atoms with Crippen molar-refractivity contribution >= 4 is 17.6 Å². The van der Waals surface area contributed by atoms with Crippen LogP contribution in [-0.2, 0) is 9.53 Å². The van der Waals surface area contributed by atoms with Gasteiger partial charge in [0.2, 0.25) is 0 Å². The van der Waals surface area contributed by atoms with Crippen molar-refractivity contribution in [1.29, 1.82) is 0 Å². The Hall–Kier alpha value is -1.10. The average molecular weight is 284 g/mol. The van der Waals surface area contributed by atoms with E-state index in [1.807, 2.05) is 31.3 Å². The molecule has 1 aromatic carbocycles. The number of nitrogens with zero attached hydrogens (tertiary/aromatic N) is 1. The van der Waals surface area contributed by atoms with Crippen molar-refractivity contribution in [2.75, 3.05) is 20.3 Å². The smallest absolute Gasteiger partial charge is 0.310 e. The normalized spacial score (nSPS) is 24.6. The Kier molecular flexibility index (Phi) is 4.45. The van der Waals surface area contributed by atoms with Crippen LogP contribution >= 0.6 is 11.6 Å². The maximum atomic E-state index is 11.2. The predicted octanol–water partition coefficient (Wildman–Crippen LogP) is 2.43. The van der Waals surface area contributed by atoms with Crippen molar-refractivity contribution in [3.63, 3.8) is 0 Å². The fraction of sp³-hybridized carbons (Fsp3) is 0.500. The van der Waals surface area contributed by atoms with Gasteiger partial charge in [0.25, 0.3) is 0 Å². The second-order valence-electron chi connectivity index (χ2n) is 4.94. The van der Waals surface area contributed by atoms with Gasteiger partial charge in [-0.15, -0.1) is 0 Å². The topological polar surface area (TPSA) is 49.8 Å². The number of halogens is 1. The molecule has 3 unspecified atom stereocenters. The number of hydrogen-bond donors (Lipinski definition) is 1. The van der Waals surface area contributed by atoms with Crippen LogP contribution in [0.25, 0.3) is 0 Å². The van der Waals surface area contributed by atoms with Crippen LogP contribution in [0, 0.1) is 5.92 Å². The molecule has 1 heterocycles. The minimum Gasteiger partial charge on any atom is -0.481 e. The number of ether oxygens (including phenoxy) is 1. The van der Waals surface area contributed by atoms with Gasteiger partial charge >= 0.3 is 5.97 Å². The molecule has 1 aliphatic heterocycles. The summed E-state index contributed by atoms with van der Waals surface area (Å²) < 4.78 is 5.31. The molecule has 0 radical (unpaired) electrons. The summed E-state index contributed by atoms with van der Waals surface area (Å²) in [6.07, 6.45) is 0. The zero-order valence-corrected chi connectivity index (χ0v) is 11.8. The monoisotopic (exact) mass is 283 g/mol. The standard InChI is InChI=1S/C14H18ClNO3/c1-9(10-3-5-11(15)6-4-10)16(2)13-8-19-7-12(13)14(17)18/h3-6,9,12-13H,7-8H2,1-2H3,(H,17,18). The number of rotatable bonds is 4. The summed E-state index contributed by atoms with van der Waals surface area (Å²) in [6, 6.07) is 7.65. The highest BCUT2D eigenvalue weighted by Gasteiger charge is 2.38. The van der Waals surface area contributed by atoms with Crippen LogP contribution in [0.2, 0.25) is 5.02 Å². The SMILES string of the molecule is CC(c1ccc(Cl)cc1)N(C)C1COCC1C(=O)O. The van der Waals surface area contributed by atoms with Crippen LogP contribution in [0.5, 0.6) is 0 Å². The van der Waals surface area contributed by atoms with Crippen molar-refractivity contribution in [2.45, 2.75) is 19.0 Å². The molecule has 19 heavy (non-hydrogen) atoms. The fourth-order valence-electron chi connectivity index (χ4n) is 2.44. The molecule has 5 heteroatoms. The molecule has 0 aliphatic carbocycles. The van der Waals surface area contributed by atoms with Crippen LogP contribution in [-0.4, -0.2) is 42.3 Å². The van der Waals surface area contributed by atoms with E-state index in [-0.39, 0.29) is 18.7 Å². The van der Waals surface area contributed by atoms with Gasteiger partial charge in [0, 0.05) is 17.1 Å². The number of carboxylic acids is 1. The van der Waals surface area contributed by atoms with E-state index in [9.17, 15) is 9.90 Å². The van der Waals surface area contributed by atoms with Gasteiger partial charge in [0.1, 0.15) is 0 Å². The van der Waals surface area contributed by atoms with E-state index in [0.717, 1.165) is 5.56 Å². The first-order chi connectivity index (χ1) is 9.00. The molecular weight excluding hydrogens is 266 g/mol. The Labute approximate surface area is 117 Å². The third-order valence-electron chi connectivity index (χ3n) is 3.85. The lowest BCUT2D eigenvalue weighted by Crippen LogP contribution is -2.42. The third kappa shape index (κ3) is 3.08. The van der Waals surface area contributed by atoms with Crippen molar-refractivity contribution in [3.05, 3.63) is 34.9 Å². The lowest BCUT2D eigenvalue weighted by molar-refractivity contribution is -0.143. The number of carbonyl (C=O) groups is 1. The molecule has 104 valence electrons. The summed E-state index contributed by atoms with van der Waals surface area (Å²) >= 11 is 5.88. The largest absolute Gasteiger partial charge is 0.481 e. The van der Waals surface area contributed by atoms with E-state index < -0.39 is 11.9 Å². The maximum absolute atomic E-state index is 11.2. The van der Waals surface area contributed by atoms with Crippen LogP contribution in [0.3, 0.4) is 0 Å². The Morgan fingerprint density at radius 1 is 1.42 bits per heavy atom. The minimum absolute atomic E-state index is 0.0943. The summed E-state index contributed by atoms with van der Waals surface area (Å²) in [5, 5.41) is 9.90. The average Bonchev–Trinajstić information content (AvgIpc) is 2.87. The number of carboxylic acid groups (broad SMARTS) is 1. The molecule has 1 saturated heterocycles. The Morgan fingerprint density at radius 2 is 2.05 bits per heavy atom. The maximum Gasteiger partial charge on any atom is 0.310 e. The van der Waals surface area contributed by atoms with Gasteiger partial charge in [0.05, 0.1) is 19.1 Å². The van der Waals surface area contributed by atoms with Crippen molar-refractivity contribution in [1.82, 2.24) is 4.90 Å². The number of likely N-dealkylation sites (N-methyl/N-ethyl adjacent to an activating group) is 1. The van der Waals surface area contributed by atoms with Gasteiger partial charge in [0.15, 0.2) is 0 Å². The van der Waals surface area contributed by atoms with Gasteiger partial charge < -0.3 is 9.84 Å². The number of aliphatic carboxylic acids is 1. The molecule has 1 aliphatic rings. The molecule has 0 bridgehead atoms. The summed E-state index contributed by atoms with van der Waals surface area (Å²) in [7, 11) is 1.94. The summed E-state index contributed by atoms with van der Waals surface area (Å²) in [4.78, 5) is 13.3. The molecule has 1 fully saturated rings. The number of hydrogen-bond acceptors (Lipinski definition) is 3. The van der Waals surface area contributed by atoms with Crippen LogP contribution in [0.1, 0.15) is 18.5 Å². The van der Waals surface area contributed by atoms with Crippen molar-refractivity contribution in [2.24, 2.45) is 5.92 Å². The summed E-state index contributed by atoms with van der Waals surface area (Å²) in [5.74, 6) is -1.25.